The fourth-order valence-corrected chi connectivity index (χ4v) is 2.30. The van der Waals surface area contributed by atoms with Crippen molar-refractivity contribution in [2.75, 3.05) is 11.9 Å². The second-order valence-electron chi connectivity index (χ2n) is 4.87. The highest BCUT2D eigenvalue weighted by molar-refractivity contribution is 5.83. The fraction of sp³-hybridized carbons (Fsp3) is 0.111. The molecule has 20 heavy (non-hydrogen) atoms. The van der Waals surface area contributed by atoms with E-state index in [1.54, 1.807) is 0 Å². The number of benzene rings is 3. The third-order valence-corrected chi connectivity index (χ3v) is 3.43. The molecular formula is C18H17NO. The Labute approximate surface area is 118 Å². The first-order valence-electron chi connectivity index (χ1n) is 6.78. The average molecular weight is 263 g/mol. The Balaban J connectivity index is 1.73. The molecule has 100 valence electrons. The smallest absolute Gasteiger partial charge is 0.0962 e. The standard InChI is InChI=1S/C18H17NO/c20-18(13-19-17-8-2-1-3-9-17)16-11-10-14-6-4-5-7-15(14)12-16/h1-12,18-20H,13H2/t18-/m0/s1. The molecule has 3 aromatic rings. The molecule has 0 aromatic heterocycles. The van der Waals surface area contributed by atoms with Gasteiger partial charge in [0.15, 0.2) is 0 Å². The van der Waals surface area contributed by atoms with Crippen LogP contribution in [0.5, 0.6) is 0 Å². The molecule has 1 atom stereocenters. The van der Waals surface area contributed by atoms with Crippen molar-refractivity contribution in [3.63, 3.8) is 0 Å². The number of nitrogens with one attached hydrogen (secondary N) is 1. The van der Waals surface area contributed by atoms with E-state index >= 15 is 0 Å². The second kappa shape index (κ2) is 5.76. The number of para-hydroxylation sites is 1. The van der Waals surface area contributed by atoms with Gasteiger partial charge >= 0.3 is 0 Å². The summed E-state index contributed by atoms with van der Waals surface area (Å²) < 4.78 is 0. The molecule has 2 N–H and O–H groups in total. The number of aliphatic hydroxyl groups excluding tert-OH is 1. The van der Waals surface area contributed by atoms with Crippen molar-refractivity contribution in [1.29, 1.82) is 0 Å². The van der Waals surface area contributed by atoms with Crippen LogP contribution in [0.3, 0.4) is 0 Å². The van der Waals surface area contributed by atoms with Crippen molar-refractivity contribution < 1.29 is 5.11 Å². The van der Waals surface area contributed by atoms with Crippen molar-refractivity contribution in [3.05, 3.63) is 78.4 Å². The molecule has 0 amide bonds. The predicted octanol–water partition coefficient (Wildman–Crippen LogP) is 3.99. The van der Waals surface area contributed by atoms with Gasteiger partial charge in [-0.15, -0.1) is 0 Å². The van der Waals surface area contributed by atoms with E-state index in [1.165, 1.54) is 5.39 Å². The Bertz CT molecular complexity index is 694. The maximum absolute atomic E-state index is 10.3. The van der Waals surface area contributed by atoms with Crippen LogP contribution >= 0.6 is 0 Å². The van der Waals surface area contributed by atoms with Gasteiger partial charge in [-0.25, -0.2) is 0 Å². The van der Waals surface area contributed by atoms with E-state index < -0.39 is 6.10 Å². The summed E-state index contributed by atoms with van der Waals surface area (Å²) in [5.41, 5.74) is 1.96. The summed E-state index contributed by atoms with van der Waals surface area (Å²) >= 11 is 0. The quantitative estimate of drug-likeness (QED) is 0.746. The van der Waals surface area contributed by atoms with Gasteiger partial charge in [0, 0.05) is 12.2 Å². The van der Waals surface area contributed by atoms with Crippen molar-refractivity contribution in [1.82, 2.24) is 0 Å². The van der Waals surface area contributed by atoms with Gasteiger partial charge in [-0.05, 0) is 34.5 Å². The number of hydrogen-bond acceptors (Lipinski definition) is 2. The van der Waals surface area contributed by atoms with Crippen LogP contribution in [0.2, 0.25) is 0 Å². The SMILES string of the molecule is O[C@@H](CNc1ccccc1)c1ccc2ccccc2c1. The normalized spacial score (nSPS) is 12.2. The van der Waals surface area contributed by atoms with Gasteiger partial charge in [0.25, 0.3) is 0 Å². The summed E-state index contributed by atoms with van der Waals surface area (Å²) in [6.45, 7) is 0.502. The van der Waals surface area contributed by atoms with Crippen LogP contribution in [0.25, 0.3) is 10.8 Å². The highest BCUT2D eigenvalue weighted by Gasteiger charge is 2.07. The van der Waals surface area contributed by atoms with Crippen molar-refractivity contribution in [2.45, 2.75) is 6.10 Å². The molecular weight excluding hydrogens is 246 g/mol. The minimum absolute atomic E-state index is 0.502. The zero-order chi connectivity index (χ0) is 13.8. The Kier molecular flexibility index (Phi) is 3.66. The van der Waals surface area contributed by atoms with E-state index in [-0.39, 0.29) is 0 Å². The van der Waals surface area contributed by atoms with Gasteiger partial charge in [-0.2, -0.15) is 0 Å². The number of fused-ring (bicyclic) bond motifs is 1. The molecule has 0 spiro atoms. The molecule has 0 saturated heterocycles. The number of rotatable bonds is 4. The predicted molar refractivity (Wildman–Crippen MR) is 83.8 cm³/mol. The molecule has 3 rings (SSSR count). The minimum Gasteiger partial charge on any atom is -0.387 e. The third-order valence-electron chi connectivity index (χ3n) is 3.43. The van der Waals surface area contributed by atoms with E-state index in [0.29, 0.717) is 6.54 Å². The van der Waals surface area contributed by atoms with Crippen LogP contribution in [0.1, 0.15) is 11.7 Å². The van der Waals surface area contributed by atoms with E-state index in [0.717, 1.165) is 16.6 Å². The summed E-state index contributed by atoms with van der Waals surface area (Å²) in [6.07, 6.45) is -0.514. The first-order chi connectivity index (χ1) is 9.83. The molecule has 0 radical (unpaired) electrons. The van der Waals surface area contributed by atoms with Gasteiger partial charge in [0.2, 0.25) is 0 Å². The monoisotopic (exact) mass is 263 g/mol. The lowest BCUT2D eigenvalue weighted by Gasteiger charge is -2.14. The molecule has 3 aromatic carbocycles. The lowest BCUT2D eigenvalue weighted by atomic mass is 10.0. The van der Waals surface area contributed by atoms with Crippen LogP contribution in [-0.2, 0) is 0 Å². The molecule has 0 unspecified atom stereocenters. The molecule has 2 heteroatoms. The van der Waals surface area contributed by atoms with E-state index in [1.807, 2.05) is 54.6 Å². The number of hydrogen-bond donors (Lipinski definition) is 2. The van der Waals surface area contributed by atoms with Gasteiger partial charge in [0.05, 0.1) is 6.10 Å². The van der Waals surface area contributed by atoms with Crippen molar-refractivity contribution >= 4 is 16.5 Å². The first-order valence-corrected chi connectivity index (χ1v) is 6.78. The maximum Gasteiger partial charge on any atom is 0.0962 e. The highest BCUT2D eigenvalue weighted by Crippen LogP contribution is 2.20. The highest BCUT2D eigenvalue weighted by atomic mass is 16.3. The van der Waals surface area contributed by atoms with Crippen LogP contribution in [0, 0.1) is 0 Å². The van der Waals surface area contributed by atoms with E-state index in [2.05, 4.69) is 23.5 Å². The Morgan fingerprint density at radius 2 is 1.50 bits per heavy atom. The maximum atomic E-state index is 10.3. The summed E-state index contributed by atoms with van der Waals surface area (Å²) in [7, 11) is 0. The summed E-state index contributed by atoms with van der Waals surface area (Å²) in [6, 6.07) is 24.2. The van der Waals surface area contributed by atoms with Gasteiger partial charge in [-0.3, -0.25) is 0 Å². The fourth-order valence-electron chi connectivity index (χ4n) is 2.30. The molecule has 0 saturated carbocycles. The summed E-state index contributed by atoms with van der Waals surface area (Å²) in [5.74, 6) is 0. The lowest BCUT2D eigenvalue weighted by molar-refractivity contribution is 0.192. The topological polar surface area (TPSA) is 32.3 Å². The van der Waals surface area contributed by atoms with Crippen molar-refractivity contribution in [2.24, 2.45) is 0 Å². The minimum atomic E-state index is -0.514. The largest absolute Gasteiger partial charge is 0.387 e. The van der Waals surface area contributed by atoms with Crippen molar-refractivity contribution in [3.8, 4) is 0 Å². The van der Waals surface area contributed by atoms with Crippen LogP contribution in [-0.4, -0.2) is 11.7 Å². The van der Waals surface area contributed by atoms with E-state index in [9.17, 15) is 5.11 Å². The first kappa shape index (κ1) is 12.7. The van der Waals surface area contributed by atoms with Gasteiger partial charge in [-0.1, -0.05) is 54.6 Å². The molecule has 0 heterocycles. The molecule has 0 aliphatic carbocycles. The molecule has 2 nitrogen and oxygen atoms in total. The van der Waals surface area contributed by atoms with Gasteiger partial charge < -0.3 is 10.4 Å². The Hall–Kier alpha value is -2.32. The number of anilines is 1. The Morgan fingerprint density at radius 1 is 0.800 bits per heavy atom. The summed E-state index contributed by atoms with van der Waals surface area (Å²) in [4.78, 5) is 0. The van der Waals surface area contributed by atoms with Crippen LogP contribution in [0.15, 0.2) is 72.8 Å². The zero-order valence-corrected chi connectivity index (χ0v) is 11.2. The van der Waals surface area contributed by atoms with Crippen LogP contribution in [0.4, 0.5) is 5.69 Å². The number of aliphatic hydroxyl groups is 1. The van der Waals surface area contributed by atoms with Crippen LogP contribution < -0.4 is 5.32 Å². The molecule has 0 aliphatic rings. The summed E-state index contributed by atoms with van der Waals surface area (Å²) in [5, 5.41) is 15.9. The molecule has 0 fully saturated rings. The third kappa shape index (κ3) is 2.81. The molecule has 0 aliphatic heterocycles. The lowest BCUT2D eigenvalue weighted by Crippen LogP contribution is -2.11. The average Bonchev–Trinajstić information content (AvgIpc) is 2.53. The second-order valence-corrected chi connectivity index (χ2v) is 4.87. The van der Waals surface area contributed by atoms with Gasteiger partial charge in [0.1, 0.15) is 0 Å². The van der Waals surface area contributed by atoms with E-state index in [4.69, 9.17) is 0 Å². The Morgan fingerprint density at radius 3 is 2.30 bits per heavy atom. The zero-order valence-electron chi connectivity index (χ0n) is 11.2. The molecule has 0 bridgehead atoms.